The summed E-state index contributed by atoms with van der Waals surface area (Å²) < 4.78 is 16.6. The molecule has 2 aromatic carbocycles. The Hall–Kier alpha value is -2.69. The van der Waals surface area contributed by atoms with Gasteiger partial charge in [-0.05, 0) is 31.2 Å². The van der Waals surface area contributed by atoms with Crippen LogP contribution in [0.4, 0.5) is 11.4 Å². The molecule has 30 heavy (non-hydrogen) atoms. The summed E-state index contributed by atoms with van der Waals surface area (Å²) >= 11 is 0. The lowest BCUT2D eigenvalue weighted by molar-refractivity contribution is -0.114. The van der Waals surface area contributed by atoms with Crippen LogP contribution in [-0.4, -0.2) is 45.8 Å². The smallest absolute Gasteiger partial charge is 0.221 e. The fourth-order valence-electron chi connectivity index (χ4n) is 2.54. The molecule has 9 heteroatoms. The van der Waals surface area contributed by atoms with Crippen LogP contribution in [-0.2, 0) is 4.79 Å². The molecule has 164 valence electrons. The molecule has 0 unspecified atom stereocenters. The minimum Gasteiger partial charge on any atom is -0.493 e. The van der Waals surface area contributed by atoms with Crippen LogP contribution in [0.5, 0.6) is 17.2 Å². The summed E-state index contributed by atoms with van der Waals surface area (Å²) in [6, 6.07) is 12.8. The van der Waals surface area contributed by atoms with Crippen LogP contribution < -0.4 is 30.2 Å². The molecular weight excluding hydrogens is 499 g/mol. The molecule has 0 radical (unpaired) electrons. The van der Waals surface area contributed by atoms with Gasteiger partial charge in [0.1, 0.15) is 12.4 Å². The van der Waals surface area contributed by atoms with Gasteiger partial charge in [0.05, 0.1) is 20.3 Å². The fraction of sp³-hybridized carbons (Fsp3) is 0.333. The Labute approximate surface area is 194 Å². The molecule has 2 rings (SSSR count). The van der Waals surface area contributed by atoms with Crippen molar-refractivity contribution in [3.63, 3.8) is 0 Å². The Morgan fingerprint density at radius 2 is 1.80 bits per heavy atom. The van der Waals surface area contributed by atoms with E-state index in [0.29, 0.717) is 48.7 Å². The maximum absolute atomic E-state index is 11.1. The van der Waals surface area contributed by atoms with Gasteiger partial charge in [-0.2, -0.15) is 0 Å². The van der Waals surface area contributed by atoms with Gasteiger partial charge >= 0.3 is 0 Å². The predicted molar refractivity (Wildman–Crippen MR) is 131 cm³/mol. The Morgan fingerprint density at radius 3 is 2.47 bits per heavy atom. The van der Waals surface area contributed by atoms with E-state index in [9.17, 15) is 4.79 Å². The van der Waals surface area contributed by atoms with Crippen molar-refractivity contribution in [2.75, 3.05) is 44.5 Å². The van der Waals surface area contributed by atoms with E-state index in [0.717, 1.165) is 5.69 Å². The number of aliphatic imine (C=N–C) groups is 1. The number of guanidine groups is 1. The van der Waals surface area contributed by atoms with E-state index >= 15 is 0 Å². The summed E-state index contributed by atoms with van der Waals surface area (Å²) in [5.74, 6) is 2.50. The SMILES string of the molecule is CCOc1ccc(NC(=NC)NCCOc2cccc(NC(C)=O)c2)cc1OC.I. The van der Waals surface area contributed by atoms with Crippen LogP contribution >= 0.6 is 24.0 Å². The Kier molecular flexibility index (Phi) is 11.4. The maximum Gasteiger partial charge on any atom is 0.221 e. The summed E-state index contributed by atoms with van der Waals surface area (Å²) in [5, 5.41) is 9.12. The molecule has 0 heterocycles. The van der Waals surface area contributed by atoms with Crippen molar-refractivity contribution < 1.29 is 19.0 Å². The Balaban J connectivity index is 0.00000450. The van der Waals surface area contributed by atoms with E-state index in [-0.39, 0.29) is 29.9 Å². The zero-order valence-electron chi connectivity index (χ0n) is 17.7. The van der Waals surface area contributed by atoms with Crippen LogP contribution in [0, 0.1) is 0 Å². The monoisotopic (exact) mass is 528 g/mol. The molecule has 0 aliphatic heterocycles. The Bertz CT molecular complexity index is 846. The molecule has 8 nitrogen and oxygen atoms in total. The molecule has 0 aromatic heterocycles. The van der Waals surface area contributed by atoms with Gasteiger partial charge in [0.25, 0.3) is 0 Å². The summed E-state index contributed by atoms with van der Waals surface area (Å²) in [7, 11) is 3.30. The molecule has 1 amide bonds. The van der Waals surface area contributed by atoms with Gasteiger partial charge in [-0.1, -0.05) is 6.07 Å². The van der Waals surface area contributed by atoms with Crippen molar-refractivity contribution in [2.45, 2.75) is 13.8 Å². The first kappa shape index (κ1) is 25.3. The number of hydrogen-bond acceptors (Lipinski definition) is 5. The minimum absolute atomic E-state index is 0. The van der Waals surface area contributed by atoms with Gasteiger partial charge in [0.2, 0.25) is 5.91 Å². The molecule has 0 saturated carbocycles. The summed E-state index contributed by atoms with van der Waals surface area (Å²) in [6.45, 7) is 4.93. The highest BCUT2D eigenvalue weighted by Crippen LogP contribution is 2.30. The number of ether oxygens (including phenoxy) is 3. The molecule has 0 saturated heterocycles. The molecule has 0 spiro atoms. The van der Waals surface area contributed by atoms with Crippen LogP contribution in [0.3, 0.4) is 0 Å². The van der Waals surface area contributed by atoms with Gasteiger partial charge in [0.15, 0.2) is 17.5 Å². The van der Waals surface area contributed by atoms with Crippen LogP contribution in [0.25, 0.3) is 0 Å². The third-order valence-corrected chi connectivity index (χ3v) is 3.77. The molecule has 3 N–H and O–H groups in total. The molecule has 2 aromatic rings. The number of nitrogens with zero attached hydrogens (tertiary/aromatic N) is 1. The van der Waals surface area contributed by atoms with Crippen LogP contribution in [0.15, 0.2) is 47.5 Å². The van der Waals surface area contributed by atoms with Gasteiger partial charge < -0.3 is 30.2 Å². The average molecular weight is 528 g/mol. The lowest BCUT2D eigenvalue weighted by atomic mass is 10.2. The molecule has 0 bridgehead atoms. The number of methoxy groups -OCH3 is 1. The number of hydrogen-bond donors (Lipinski definition) is 3. The van der Waals surface area contributed by atoms with Crippen LogP contribution in [0.1, 0.15) is 13.8 Å². The molecular formula is C21H29IN4O4. The van der Waals surface area contributed by atoms with Gasteiger partial charge in [-0.15, -0.1) is 24.0 Å². The van der Waals surface area contributed by atoms with E-state index in [4.69, 9.17) is 14.2 Å². The van der Waals surface area contributed by atoms with Crippen molar-refractivity contribution in [3.05, 3.63) is 42.5 Å². The zero-order chi connectivity index (χ0) is 21.1. The standard InChI is InChI=1S/C21H28N4O4.HI/c1-5-28-19-10-9-17(14-20(19)27-4)25-21(22-3)23-11-12-29-18-8-6-7-16(13-18)24-15(2)26;/h6-10,13-14H,5,11-12H2,1-4H3,(H,24,26)(H2,22,23,25);1H. The van der Waals surface area contributed by atoms with Crippen molar-refractivity contribution in [3.8, 4) is 17.2 Å². The lowest BCUT2D eigenvalue weighted by Crippen LogP contribution is -2.33. The second kappa shape index (κ2) is 13.5. The Morgan fingerprint density at radius 1 is 1.03 bits per heavy atom. The molecule has 0 aliphatic carbocycles. The largest absolute Gasteiger partial charge is 0.493 e. The van der Waals surface area contributed by atoms with Crippen LogP contribution in [0.2, 0.25) is 0 Å². The van der Waals surface area contributed by atoms with Gasteiger partial charge in [-0.3, -0.25) is 9.79 Å². The normalized spacial score (nSPS) is 10.5. The van der Waals surface area contributed by atoms with E-state index in [2.05, 4.69) is 20.9 Å². The lowest BCUT2D eigenvalue weighted by Gasteiger charge is -2.15. The maximum atomic E-state index is 11.1. The van der Waals surface area contributed by atoms with E-state index in [1.54, 1.807) is 20.2 Å². The quantitative estimate of drug-likeness (QED) is 0.199. The first-order chi connectivity index (χ1) is 14.0. The second-order valence-corrected chi connectivity index (χ2v) is 5.98. The van der Waals surface area contributed by atoms with E-state index in [1.165, 1.54) is 6.92 Å². The summed E-state index contributed by atoms with van der Waals surface area (Å²) in [5.41, 5.74) is 1.52. The van der Waals surface area contributed by atoms with Crippen molar-refractivity contribution in [1.82, 2.24) is 5.32 Å². The zero-order valence-corrected chi connectivity index (χ0v) is 20.0. The van der Waals surface area contributed by atoms with E-state index < -0.39 is 0 Å². The number of benzene rings is 2. The number of amides is 1. The van der Waals surface area contributed by atoms with Gasteiger partial charge in [0, 0.05) is 37.5 Å². The van der Waals surface area contributed by atoms with E-state index in [1.807, 2.05) is 43.3 Å². The highest BCUT2D eigenvalue weighted by molar-refractivity contribution is 14.0. The first-order valence-corrected chi connectivity index (χ1v) is 9.34. The minimum atomic E-state index is -0.121. The second-order valence-electron chi connectivity index (χ2n) is 5.98. The van der Waals surface area contributed by atoms with Crippen molar-refractivity contribution in [2.24, 2.45) is 4.99 Å². The topological polar surface area (TPSA) is 93.2 Å². The third kappa shape index (κ3) is 8.36. The number of halogens is 1. The molecule has 0 aliphatic rings. The number of rotatable bonds is 9. The number of carbonyl (C=O) groups excluding carboxylic acids is 1. The number of carbonyl (C=O) groups is 1. The third-order valence-electron chi connectivity index (χ3n) is 3.77. The highest BCUT2D eigenvalue weighted by atomic mass is 127. The highest BCUT2D eigenvalue weighted by Gasteiger charge is 2.07. The van der Waals surface area contributed by atoms with Crippen molar-refractivity contribution in [1.29, 1.82) is 0 Å². The van der Waals surface area contributed by atoms with Crippen molar-refractivity contribution >= 4 is 47.2 Å². The molecule has 0 fully saturated rings. The summed E-state index contributed by atoms with van der Waals surface area (Å²) in [6.07, 6.45) is 0. The average Bonchev–Trinajstić information content (AvgIpc) is 2.71. The fourth-order valence-corrected chi connectivity index (χ4v) is 2.54. The summed E-state index contributed by atoms with van der Waals surface area (Å²) in [4.78, 5) is 15.3. The van der Waals surface area contributed by atoms with Gasteiger partial charge in [-0.25, -0.2) is 0 Å². The molecule has 0 atom stereocenters. The number of nitrogens with one attached hydrogen (secondary N) is 3. The predicted octanol–water partition coefficient (Wildman–Crippen LogP) is 3.74. The number of anilines is 2. The first-order valence-electron chi connectivity index (χ1n) is 9.34.